The van der Waals surface area contributed by atoms with Crippen molar-refractivity contribution in [3.05, 3.63) is 53.9 Å². The number of nitrogens with zero attached hydrogens (tertiary/aromatic N) is 2. The lowest BCUT2D eigenvalue weighted by molar-refractivity contribution is 0.0946. The fourth-order valence-electron chi connectivity index (χ4n) is 1.88. The van der Waals surface area contributed by atoms with Gasteiger partial charge in [0, 0.05) is 11.7 Å². The maximum Gasteiger partial charge on any atom is 0.270 e. The zero-order valence-electron chi connectivity index (χ0n) is 11.3. The fraction of sp³-hybridized carbons (Fsp3) is 0.188. The first-order valence-corrected chi connectivity index (χ1v) is 6.79. The monoisotopic (exact) mass is 278 g/mol. The molecular weight excluding hydrogens is 264 g/mol. The van der Waals surface area contributed by atoms with Crippen LogP contribution in [0.25, 0.3) is 0 Å². The summed E-state index contributed by atoms with van der Waals surface area (Å²) in [5.41, 5.74) is 2.70. The van der Waals surface area contributed by atoms with Crippen LogP contribution in [0.5, 0.6) is 0 Å². The number of anilines is 2. The van der Waals surface area contributed by atoms with Gasteiger partial charge in [-0.05, 0) is 49.2 Å². The Balaban J connectivity index is 1.65. The van der Waals surface area contributed by atoms with Crippen LogP contribution >= 0.6 is 0 Å². The lowest BCUT2D eigenvalue weighted by atomic mass is 10.2. The van der Waals surface area contributed by atoms with E-state index in [2.05, 4.69) is 21.7 Å². The number of benzene rings is 1. The minimum atomic E-state index is -0.123. The summed E-state index contributed by atoms with van der Waals surface area (Å²) < 4.78 is 0. The number of aromatic nitrogens is 1. The molecule has 1 aromatic heterocycles. The van der Waals surface area contributed by atoms with Crippen molar-refractivity contribution in [2.24, 2.45) is 0 Å². The van der Waals surface area contributed by atoms with Gasteiger partial charge < -0.3 is 10.6 Å². The number of carbonyl (C=O) groups excluding carboxylic acids is 1. The van der Waals surface area contributed by atoms with Gasteiger partial charge in [-0.25, -0.2) is 4.98 Å². The second-order valence-corrected chi connectivity index (χ2v) is 4.99. The second kappa shape index (κ2) is 5.63. The predicted molar refractivity (Wildman–Crippen MR) is 79.2 cm³/mol. The Labute approximate surface area is 122 Å². The third-order valence-electron chi connectivity index (χ3n) is 3.21. The first-order chi connectivity index (χ1) is 10.2. The highest BCUT2D eigenvalue weighted by molar-refractivity contribution is 5.92. The Bertz CT molecular complexity index is 682. The number of hydrogen-bond donors (Lipinski definition) is 2. The summed E-state index contributed by atoms with van der Waals surface area (Å²) in [6.07, 6.45) is 3.74. The van der Waals surface area contributed by atoms with E-state index in [0.717, 1.165) is 24.2 Å². The first-order valence-electron chi connectivity index (χ1n) is 6.79. The van der Waals surface area contributed by atoms with E-state index in [0.29, 0.717) is 17.3 Å². The summed E-state index contributed by atoms with van der Waals surface area (Å²) in [5, 5.41) is 14.8. The Hall–Kier alpha value is -2.87. The molecule has 3 rings (SSSR count). The molecule has 0 unspecified atom stereocenters. The highest BCUT2D eigenvalue weighted by atomic mass is 16.2. The highest BCUT2D eigenvalue weighted by Crippen LogP contribution is 2.20. The molecule has 1 aromatic carbocycles. The van der Waals surface area contributed by atoms with Crippen LogP contribution in [0.1, 0.15) is 28.9 Å². The Morgan fingerprint density at radius 2 is 1.86 bits per heavy atom. The average molecular weight is 278 g/mol. The van der Waals surface area contributed by atoms with Crippen molar-refractivity contribution >= 4 is 17.3 Å². The van der Waals surface area contributed by atoms with Crippen LogP contribution in [0, 0.1) is 11.3 Å². The van der Waals surface area contributed by atoms with Crippen LogP contribution in [0.3, 0.4) is 0 Å². The van der Waals surface area contributed by atoms with Gasteiger partial charge in [-0.2, -0.15) is 5.26 Å². The van der Waals surface area contributed by atoms with E-state index in [-0.39, 0.29) is 5.91 Å². The van der Waals surface area contributed by atoms with Gasteiger partial charge in [0.1, 0.15) is 5.69 Å². The van der Waals surface area contributed by atoms with E-state index >= 15 is 0 Å². The van der Waals surface area contributed by atoms with Gasteiger partial charge >= 0.3 is 0 Å². The van der Waals surface area contributed by atoms with Gasteiger partial charge in [-0.3, -0.25) is 4.79 Å². The van der Waals surface area contributed by atoms with Gasteiger partial charge in [0.25, 0.3) is 5.91 Å². The largest absolute Gasteiger partial charge is 0.354 e. The minimum Gasteiger partial charge on any atom is -0.354 e. The Morgan fingerprint density at radius 3 is 2.43 bits per heavy atom. The number of carbonyl (C=O) groups is 1. The number of nitrogens with one attached hydrogen (secondary N) is 2. The molecular formula is C16H14N4O. The normalized spacial score (nSPS) is 13.3. The molecule has 104 valence electrons. The number of rotatable bonds is 4. The van der Waals surface area contributed by atoms with Crippen LogP contribution in [0.15, 0.2) is 42.6 Å². The smallest absolute Gasteiger partial charge is 0.270 e. The number of hydrogen-bond acceptors (Lipinski definition) is 4. The second-order valence-electron chi connectivity index (χ2n) is 4.99. The molecule has 5 nitrogen and oxygen atoms in total. The third kappa shape index (κ3) is 3.37. The van der Waals surface area contributed by atoms with E-state index < -0.39 is 0 Å². The van der Waals surface area contributed by atoms with E-state index in [1.54, 1.807) is 24.4 Å². The number of pyridine rings is 1. The molecule has 0 atom stereocenters. The molecule has 1 fully saturated rings. The summed E-state index contributed by atoms with van der Waals surface area (Å²) in [6, 6.07) is 13.1. The quantitative estimate of drug-likeness (QED) is 0.901. The van der Waals surface area contributed by atoms with Crippen LogP contribution < -0.4 is 10.6 Å². The molecule has 2 N–H and O–H groups in total. The molecule has 1 saturated carbocycles. The molecule has 1 aliphatic carbocycles. The van der Waals surface area contributed by atoms with Crippen LogP contribution in [-0.4, -0.2) is 16.9 Å². The van der Waals surface area contributed by atoms with Gasteiger partial charge in [-0.1, -0.05) is 0 Å². The standard InChI is InChI=1S/C16H14N4O/c17-9-11-1-3-12(4-2-11)19-14-7-8-15(18-10-14)16(21)20-13-5-6-13/h1-4,7-8,10,13,19H,5-6H2,(H,20,21). The van der Waals surface area contributed by atoms with Crippen LogP contribution in [0.4, 0.5) is 11.4 Å². The van der Waals surface area contributed by atoms with Crippen LogP contribution in [-0.2, 0) is 0 Å². The average Bonchev–Trinajstić information content (AvgIpc) is 3.33. The number of nitriles is 1. The van der Waals surface area contributed by atoms with Gasteiger partial charge in [0.15, 0.2) is 0 Å². The summed E-state index contributed by atoms with van der Waals surface area (Å²) in [5.74, 6) is -0.123. The Kier molecular flexibility index (Phi) is 3.52. The maximum atomic E-state index is 11.8. The molecule has 0 saturated heterocycles. The molecule has 1 heterocycles. The molecule has 0 bridgehead atoms. The van der Waals surface area contributed by atoms with Gasteiger partial charge in [0.05, 0.1) is 23.5 Å². The van der Waals surface area contributed by atoms with Gasteiger partial charge in [-0.15, -0.1) is 0 Å². The molecule has 0 radical (unpaired) electrons. The molecule has 21 heavy (non-hydrogen) atoms. The van der Waals surface area contributed by atoms with E-state index in [1.165, 1.54) is 0 Å². The third-order valence-corrected chi connectivity index (χ3v) is 3.21. The predicted octanol–water partition coefficient (Wildman–Crippen LogP) is 2.59. The fourth-order valence-corrected chi connectivity index (χ4v) is 1.88. The highest BCUT2D eigenvalue weighted by Gasteiger charge is 2.24. The summed E-state index contributed by atoms with van der Waals surface area (Å²) >= 11 is 0. The molecule has 5 heteroatoms. The van der Waals surface area contributed by atoms with E-state index in [1.807, 2.05) is 18.2 Å². The topological polar surface area (TPSA) is 77.8 Å². The summed E-state index contributed by atoms with van der Waals surface area (Å²) in [7, 11) is 0. The van der Waals surface area contributed by atoms with Crippen molar-refractivity contribution in [1.82, 2.24) is 10.3 Å². The molecule has 1 aliphatic rings. The zero-order chi connectivity index (χ0) is 14.7. The SMILES string of the molecule is N#Cc1ccc(Nc2ccc(C(=O)NC3CC3)nc2)cc1. The van der Waals surface area contributed by atoms with Crippen molar-refractivity contribution in [2.75, 3.05) is 5.32 Å². The van der Waals surface area contributed by atoms with Crippen molar-refractivity contribution in [3.63, 3.8) is 0 Å². The van der Waals surface area contributed by atoms with E-state index in [9.17, 15) is 4.79 Å². The zero-order valence-corrected chi connectivity index (χ0v) is 11.3. The molecule has 1 amide bonds. The first kappa shape index (κ1) is 13.1. The lowest BCUT2D eigenvalue weighted by Gasteiger charge is -2.07. The molecule has 0 spiro atoms. The maximum absolute atomic E-state index is 11.8. The summed E-state index contributed by atoms with van der Waals surface area (Å²) in [6.45, 7) is 0. The van der Waals surface area contributed by atoms with Crippen molar-refractivity contribution in [1.29, 1.82) is 5.26 Å². The van der Waals surface area contributed by atoms with Crippen molar-refractivity contribution in [2.45, 2.75) is 18.9 Å². The van der Waals surface area contributed by atoms with E-state index in [4.69, 9.17) is 5.26 Å². The molecule has 0 aliphatic heterocycles. The summed E-state index contributed by atoms with van der Waals surface area (Å²) in [4.78, 5) is 16.0. The number of amides is 1. The van der Waals surface area contributed by atoms with Crippen molar-refractivity contribution < 1.29 is 4.79 Å². The Morgan fingerprint density at radius 1 is 1.14 bits per heavy atom. The van der Waals surface area contributed by atoms with Gasteiger partial charge in [0.2, 0.25) is 0 Å². The lowest BCUT2D eigenvalue weighted by Crippen LogP contribution is -2.26. The van der Waals surface area contributed by atoms with Crippen molar-refractivity contribution in [3.8, 4) is 6.07 Å². The minimum absolute atomic E-state index is 0.123. The van der Waals surface area contributed by atoms with Crippen LogP contribution in [0.2, 0.25) is 0 Å². The molecule has 2 aromatic rings.